The van der Waals surface area contributed by atoms with Crippen LogP contribution in [0.2, 0.25) is 0 Å². The number of nitrogens with one attached hydrogen (secondary N) is 1. The van der Waals surface area contributed by atoms with Gasteiger partial charge in [0.1, 0.15) is 11.5 Å². The van der Waals surface area contributed by atoms with Gasteiger partial charge in [-0.2, -0.15) is 0 Å². The quantitative estimate of drug-likeness (QED) is 0.787. The van der Waals surface area contributed by atoms with Crippen molar-refractivity contribution in [3.63, 3.8) is 0 Å². The Hall–Kier alpha value is -3.48. The summed E-state index contributed by atoms with van der Waals surface area (Å²) < 4.78 is 13.4. The van der Waals surface area contributed by atoms with Crippen molar-refractivity contribution in [1.82, 2.24) is 4.90 Å². The van der Waals surface area contributed by atoms with E-state index in [-0.39, 0.29) is 5.91 Å². The van der Waals surface area contributed by atoms with E-state index in [4.69, 9.17) is 0 Å². The van der Waals surface area contributed by atoms with Crippen LogP contribution in [0.25, 0.3) is 5.57 Å². The minimum Gasteiger partial charge on any atom is -0.366 e. The average Bonchev–Trinajstić information content (AvgIpc) is 3.00. The molecule has 3 amide bonds. The van der Waals surface area contributed by atoms with Gasteiger partial charge in [-0.25, -0.2) is 9.29 Å². The molecule has 4 rings (SSSR count). The summed E-state index contributed by atoms with van der Waals surface area (Å²) in [5.74, 6) is -1.45. The fraction of sp³-hybridized carbons (Fsp3) is 0.261. The molecule has 154 valence electrons. The Balaban J connectivity index is 1.76. The number of benzene rings is 2. The molecule has 30 heavy (non-hydrogen) atoms. The Kier molecular flexibility index (Phi) is 5.35. The molecule has 0 unspecified atom stereocenters. The summed E-state index contributed by atoms with van der Waals surface area (Å²) in [5.41, 5.74) is 2.27. The molecule has 1 saturated heterocycles. The van der Waals surface area contributed by atoms with Gasteiger partial charge in [-0.1, -0.05) is 12.1 Å². The fourth-order valence-electron chi connectivity index (χ4n) is 3.94. The maximum Gasteiger partial charge on any atom is 0.282 e. The molecule has 6 nitrogen and oxygen atoms in total. The van der Waals surface area contributed by atoms with E-state index < -0.39 is 17.6 Å². The number of halogens is 1. The fourth-order valence-corrected chi connectivity index (χ4v) is 3.94. The molecule has 0 radical (unpaired) electrons. The largest absolute Gasteiger partial charge is 0.366 e. The number of hydrogen-bond donors (Lipinski definition) is 1. The van der Waals surface area contributed by atoms with Crippen LogP contribution in [0.5, 0.6) is 0 Å². The monoisotopic (exact) mass is 407 g/mol. The van der Waals surface area contributed by atoms with Gasteiger partial charge in [0.25, 0.3) is 11.8 Å². The van der Waals surface area contributed by atoms with Crippen LogP contribution in [-0.2, 0) is 14.4 Å². The third-order valence-electron chi connectivity index (χ3n) is 5.31. The zero-order valence-corrected chi connectivity index (χ0v) is 16.7. The lowest BCUT2D eigenvalue weighted by Gasteiger charge is -2.29. The van der Waals surface area contributed by atoms with Crippen molar-refractivity contribution in [3.05, 3.63) is 65.6 Å². The number of anilines is 2. The number of carbonyl (C=O) groups is 3. The van der Waals surface area contributed by atoms with E-state index >= 15 is 0 Å². The summed E-state index contributed by atoms with van der Waals surface area (Å²) in [5, 5.41) is 2.69. The topological polar surface area (TPSA) is 69.7 Å². The number of hydrogen-bond acceptors (Lipinski definition) is 4. The molecule has 2 aromatic rings. The summed E-state index contributed by atoms with van der Waals surface area (Å²) >= 11 is 0. The summed E-state index contributed by atoms with van der Waals surface area (Å²) in [6.45, 7) is 2.84. The number of likely N-dealkylation sites (tertiary alicyclic amines) is 1. The van der Waals surface area contributed by atoms with E-state index in [2.05, 4.69) is 5.32 Å². The third-order valence-corrected chi connectivity index (χ3v) is 5.31. The maximum atomic E-state index is 13.4. The maximum absolute atomic E-state index is 13.4. The second kappa shape index (κ2) is 8.10. The van der Waals surface area contributed by atoms with E-state index in [1.165, 1.54) is 31.2 Å². The Bertz CT molecular complexity index is 1020. The molecule has 0 saturated carbocycles. The van der Waals surface area contributed by atoms with E-state index in [0.717, 1.165) is 24.2 Å². The lowest BCUT2D eigenvalue weighted by Crippen LogP contribution is -2.37. The number of piperidine rings is 1. The van der Waals surface area contributed by atoms with Crippen molar-refractivity contribution in [2.24, 2.45) is 0 Å². The predicted octanol–water partition coefficient (Wildman–Crippen LogP) is 3.55. The van der Waals surface area contributed by atoms with Gasteiger partial charge >= 0.3 is 0 Å². The van der Waals surface area contributed by atoms with Gasteiger partial charge in [0.2, 0.25) is 5.91 Å². The number of carbonyl (C=O) groups excluding carboxylic acids is 3. The van der Waals surface area contributed by atoms with Crippen LogP contribution in [-0.4, -0.2) is 35.7 Å². The highest BCUT2D eigenvalue weighted by Crippen LogP contribution is 2.36. The molecular weight excluding hydrogens is 385 g/mol. The van der Waals surface area contributed by atoms with Crippen LogP contribution in [0, 0.1) is 5.82 Å². The van der Waals surface area contributed by atoms with Gasteiger partial charge in [-0.15, -0.1) is 0 Å². The van der Waals surface area contributed by atoms with Crippen LogP contribution < -0.4 is 10.2 Å². The molecule has 0 aromatic heterocycles. The predicted molar refractivity (Wildman–Crippen MR) is 112 cm³/mol. The first kappa shape index (κ1) is 19.8. The molecule has 1 fully saturated rings. The van der Waals surface area contributed by atoms with Gasteiger partial charge in [0.15, 0.2) is 0 Å². The normalized spacial score (nSPS) is 17.0. The SMILES string of the molecule is CC(=O)Nc1ccc(C2=C(N3CCCCC3)C(=O)N(c3ccc(F)cc3)C2=O)cc1. The minimum absolute atomic E-state index is 0.189. The summed E-state index contributed by atoms with van der Waals surface area (Å²) in [7, 11) is 0. The Morgan fingerprint density at radius 1 is 0.900 bits per heavy atom. The molecule has 0 atom stereocenters. The highest BCUT2D eigenvalue weighted by Gasteiger charge is 2.42. The van der Waals surface area contributed by atoms with Crippen LogP contribution in [0.15, 0.2) is 54.2 Å². The third kappa shape index (κ3) is 3.70. The highest BCUT2D eigenvalue weighted by atomic mass is 19.1. The van der Waals surface area contributed by atoms with E-state index in [9.17, 15) is 18.8 Å². The Morgan fingerprint density at radius 3 is 2.13 bits per heavy atom. The smallest absolute Gasteiger partial charge is 0.282 e. The summed E-state index contributed by atoms with van der Waals surface area (Å²) in [4.78, 5) is 41.1. The van der Waals surface area contributed by atoms with Crippen molar-refractivity contribution >= 4 is 34.7 Å². The van der Waals surface area contributed by atoms with Gasteiger partial charge in [-0.05, 0) is 61.2 Å². The highest BCUT2D eigenvalue weighted by molar-refractivity contribution is 6.45. The molecule has 0 spiro atoms. The summed E-state index contributed by atoms with van der Waals surface area (Å²) in [6, 6.07) is 12.2. The molecule has 7 heteroatoms. The minimum atomic E-state index is -0.434. The van der Waals surface area contributed by atoms with Crippen LogP contribution in [0.3, 0.4) is 0 Å². The first-order valence-corrected chi connectivity index (χ1v) is 9.97. The first-order chi connectivity index (χ1) is 14.5. The van der Waals surface area contributed by atoms with Crippen LogP contribution >= 0.6 is 0 Å². The average molecular weight is 407 g/mol. The van der Waals surface area contributed by atoms with Crippen molar-refractivity contribution < 1.29 is 18.8 Å². The number of amides is 3. The van der Waals surface area contributed by atoms with Gasteiger partial charge in [0.05, 0.1) is 11.3 Å². The second-order valence-corrected chi connectivity index (χ2v) is 7.45. The zero-order chi connectivity index (χ0) is 21.3. The lowest BCUT2D eigenvalue weighted by atomic mass is 10.0. The number of nitrogens with zero attached hydrogens (tertiary/aromatic N) is 2. The van der Waals surface area contributed by atoms with Crippen molar-refractivity contribution in [1.29, 1.82) is 0 Å². The number of imide groups is 1. The Morgan fingerprint density at radius 2 is 1.53 bits per heavy atom. The van der Waals surface area contributed by atoms with Gasteiger partial charge < -0.3 is 10.2 Å². The van der Waals surface area contributed by atoms with Crippen molar-refractivity contribution in [3.8, 4) is 0 Å². The van der Waals surface area contributed by atoms with E-state index in [1.54, 1.807) is 24.3 Å². The standard InChI is InChI=1S/C23H22FN3O3/c1-15(28)25-18-9-5-16(6-10-18)20-21(26-13-3-2-4-14-26)23(30)27(22(20)29)19-11-7-17(24)8-12-19/h5-12H,2-4,13-14H2,1H3,(H,25,28). The second-order valence-electron chi connectivity index (χ2n) is 7.45. The Labute approximate surface area is 174 Å². The van der Waals surface area contributed by atoms with E-state index in [0.29, 0.717) is 41.3 Å². The first-order valence-electron chi connectivity index (χ1n) is 9.97. The zero-order valence-electron chi connectivity index (χ0n) is 16.7. The molecular formula is C23H22FN3O3. The molecule has 2 heterocycles. The molecule has 1 N–H and O–H groups in total. The van der Waals surface area contributed by atoms with Crippen LogP contribution in [0.1, 0.15) is 31.7 Å². The van der Waals surface area contributed by atoms with E-state index in [1.807, 2.05) is 4.90 Å². The molecule has 2 aliphatic heterocycles. The summed E-state index contributed by atoms with van der Waals surface area (Å²) in [6.07, 6.45) is 3.00. The number of rotatable bonds is 4. The molecule has 0 bridgehead atoms. The van der Waals surface area contributed by atoms with Crippen molar-refractivity contribution in [2.45, 2.75) is 26.2 Å². The van der Waals surface area contributed by atoms with Crippen molar-refractivity contribution in [2.75, 3.05) is 23.3 Å². The molecule has 0 aliphatic carbocycles. The van der Waals surface area contributed by atoms with Crippen LogP contribution in [0.4, 0.5) is 15.8 Å². The molecule has 2 aromatic carbocycles. The van der Waals surface area contributed by atoms with Gasteiger partial charge in [-0.3, -0.25) is 14.4 Å². The molecule has 2 aliphatic rings. The van der Waals surface area contributed by atoms with Gasteiger partial charge in [0, 0.05) is 25.7 Å². The lowest BCUT2D eigenvalue weighted by molar-refractivity contribution is -0.121.